The number of esters is 2. The zero-order chi connectivity index (χ0) is 51.0. The first-order valence-corrected chi connectivity index (χ1v) is 26.9. The second-order valence-electron chi connectivity index (χ2n) is 18.7. The molecule has 15 heteroatoms. The number of ether oxygens (including phenoxy) is 6. The minimum Gasteiger partial charge on any atom is -0.462 e. The molecule has 404 valence electrons. The highest BCUT2D eigenvalue weighted by Crippen LogP contribution is 2.26. The fourth-order valence-corrected chi connectivity index (χ4v) is 8.03. The van der Waals surface area contributed by atoms with Gasteiger partial charge in [-0.25, -0.2) is 0 Å². The Morgan fingerprint density at radius 3 is 1.40 bits per heavy atom. The SMILES string of the molecule is CCCCCCCC/C=C/CCCCCC(=O)O[C@@H](COC(=O)CCC/C=C/C/C=C/C/C=C/C/C=C/CCCCCCCCC)CO[C@@H]1O[C@H](CO[C@@H]2O[C@H](CO)[C@H](O)C(O)C2O)[C@H](O)C(O)C1O. The van der Waals surface area contributed by atoms with Gasteiger partial charge in [-0.3, -0.25) is 9.59 Å². The molecule has 0 radical (unpaired) electrons. The van der Waals surface area contributed by atoms with Crippen molar-refractivity contribution in [3.8, 4) is 0 Å². The van der Waals surface area contributed by atoms with E-state index >= 15 is 0 Å². The summed E-state index contributed by atoms with van der Waals surface area (Å²) in [6.45, 7) is 2.50. The first-order valence-electron chi connectivity index (χ1n) is 26.9. The third-order valence-corrected chi connectivity index (χ3v) is 12.5. The van der Waals surface area contributed by atoms with E-state index in [0.717, 1.165) is 51.4 Å². The predicted molar refractivity (Wildman–Crippen MR) is 270 cm³/mol. The highest BCUT2D eigenvalue weighted by Gasteiger charge is 2.47. The molecular formula is C55H94O15. The van der Waals surface area contributed by atoms with E-state index in [2.05, 4.69) is 68.5 Å². The molecule has 2 fully saturated rings. The lowest BCUT2D eigenvalue weighted by Crippen LogP contribution is -2.61. The molecule has 2 saturated heterocycles. The van der Waals surface area contributed by atoms with Gasteiger partial charge in [-0.05, 0) is 77.0 Å². The van der Waals surface area contributed by atoms with Crippen LogP contribution in [0.3, 0.4) is 0 Å². The Kier molecular flexibility index (Phi) is 37.7. The Bertz CT molecular complexity index is 1450. The summed E-state index contributed by atoms with van der Waals surface area (Å²) in [5.41, 5.74) is 0. The van der Waals surface area contributed by atoms with Gasteiger partial charge >= 0.3 is 11.9 Å². The maximum Gasteiger partial charge on any atom is 0.306 e. The summed E-state index contributed by atoms with van der Waals surface area (Å²) < 4.78 is 33.5. The molecule has 2 aliphatic heterocycles. The molecule has 0 aromatic carbocycles. The summed E-state index contributed by atoms with van der Waals surface area (Å²) in [5, 5.41) is 72.1. The molecule has 0 amide bonds. The van der Waals surface area contributed by atoms with Crippen molar-refractivity contribution in [2.24, 2.45) is 0 Å². The van der Waals surface area contributed by atoms with Crippen molar-refractivity contribution in [3.63, 3.8) is 0 Å². The number of aliphatic hydroxyl groups excluding tert-OH is 7. The average molecular weight is 995 g/mol. The Morgan fingerprint density at radius 1 is 0.457 bits per heavy atom. The Morgan fingerprint density at radius 2 is 0.871 bits per heavy atom. The van der Waals surface area contributed by atoms with Gasteiger partial charge in [-0.1, -0.05) is 152 Å². The average Bonchev–Trinajstić information content (AvgIpc) is 3.35. The lowest BCUT2D eigenvalue weighted by molar-refractivity contribution is -0.332. The first kappa shape index (κ1) is 63.3. The Balaban J connectivity index is 1.81. The van der Waals surface area contributed by atoms with E-state index in [1.54, 1.807) is 0 Å². The Labute approximate surface area is 420 Å². The van der Waals surface area contributed by atoms with E-state index in [0.29, 0.717) is 19.3 Å². The third-order valence-electron chi connectivity index (χ3n) is 12.5. The van der Waals surface area contributed by atoms with Crippen molar-refractivity contribution < 1.29 is 73.8 Å². The number of rotatable bonds is 41. The molecule has 2 aliphatic rings. The summed E-state index contributed by atoms with van der Waals surface area (Å²) in [5.74, 6) is -1.01. The van der Waals surface area contributed by atoms with Crippen LogP contribution in [0.25, 0.3) is 0 Å². The molecule has 0 aromatic heterocycles. The van der Waals surface area contributed by atoms with Gasteiger partial charge < -0.3 is 64.2 Å². The third kappa shape index (κ3) is 29.0. The van der Waals surface area contributed by atoms with Crippen LogP contribution in [0.1, 0.15) is 181 Å². The molecule has 7 N–H and O–H groups in total. The van der Waals surface area contributed by atoms with Crippen LogP contribution in [0.2, 0.25) is 0 Å². The van der Waals surface area contributed by atoms with Gasteiger partial charge in [0.25, 0.3) is 0 Å². The molecule has 11 atom stereocenters. The largest absolute Gasteiger partial charge is 0.462 e. The smallest absolute Gasteiger partial charge is 0.306 e. The monoisotopic (exact) mass is 995 g/mol. The fraction of sp³-hybridized carbons (Fsp3) is 0.782. The van der Waals surface area contributed by atoms with Crippen molar-refractivity contribution in [1.29, 1.82) is 0 Å². The summed E-state index contributed by atoms with van der Waals surface area (Å²) in [6.07, 6.45) is 31.2. The van der Waals surface area contributed by atoms with Crippen LogP contribution in [0.5, 0.6) is 0 Å². The maximum atomic E-state index is 13.0. The van der Waals surface area contributed by atoms with E-state index in [1.165, 1.54) is 83.5 Å². The lowest BCUT2D eigenvalue weighted by atomic mass is 9.98. The van der Waals surface area contributed by atoms with Gasteiger partial charge in [0.15, 0.2) is 18.7 Å². The van der Waals surface area contributed by atoms with Gasteiger partial charge in [-0.2, -0.15) is 0 Å². The first-order chi connectivity index (χ1) is 34.0. The predicted octanol–water partition coefficient (Wildman–Crippen LogP) is 8.05. The van der Waals surface area contributed by atoms with Crippen molar-refractivity contribution in [1.82, 2.24) is 0 Å². The fourth-order valence-electron chi connectivity index (χ4n) is 8.03. The molecular weight excluding hydrogens is 901 g/mol. The van der Waals surface area contributed by atoms with Crippen LogP contribution in [-0.4, -0.2) is 142 Å². The van der Waals surface area contributed by atoms with E-state index in [9.17, 15) is 45.3 Å². The standard InChI is InChI=1S/C55H94O15/c1-3-5-7-9-11-13-15-17-18-19-20-21-22-23-24-26-27-29-31-33-35-37-46(57)65-40-43(68-47(58)38-36-34-32-30-28-25-16-14-12-10-8-6-4-2)41-66-54-53(64)51(62)49(60)45(70-54)42-67-55-52(63)50(61)48(59)44(39-56)69-55/h18-19,21-22,24-26,28-29,31,43-45,48-56,59-64H,3-17,20,23,27,30,32-42H2,1-2H3/b19-18+,22-21+,26-24+,28-25+,31-29+/t43-,44+,45+,48-,49-,50?,51?,52?,53?,54+,55+/m0/s1. The molecule has 0 aromatic rings. The van der Waals surface area contributed by atoms with Gasteiger partial charge in [0.1, 0.15) is 55.4 Å². The zero-order valence-electron chi connectivity index (χ0n) is 42.7. The Hall–Kier alpha value is -2.80. The summed E-state index contributed by atoms with van der Waals surface area (Å²) in [7, 11) is 0. The number of carbonyl (C=O) groups excluding carboxylic acids is 2. The van der Waals surface area contributed by atoms with Gasteiger partial charge in [0.2, 0.25) is 0 Å². The molecule has 0 bridgehead atoms. The van der Waals surface area contributed by atoms with E-state index in [4.69, 9.17) is 28.4 Å². The van der Waals surface area contributed by atoms with Crippen LogP contribution in [-0.2, 0) is 38.0 Å². The topological polar surface area (TPSA) is 231 Å². The molecule has 0 spiro atoms. The van der Waals surface area contributed by atoms with Crippen molar-refractivity contribution in [3.05, 3.63) is 60.8 Å². The number of allylic oxidation sites excluding steroid dienone is 10. The number of aliphatic hydroxyl groups is 7. The van der Waals surface area contributed by atoms with Crippen LogP contribution < -0.4 is 0 Å². The summed E-state index contributed by atoms with van der Waals surface area (Å²) >= 11 is 0. The molecule has 70 heavy (non-hydrogen) atoms. The van der Waals surface area contributed by atoms with Crippen LogP contribution in [0.4, 0.5) is 0 Å². The summed E-state index contributed by atoms with van der Waals surface area (Å²) in [6, 6.07) is 0. The zero-order valence-corrected chi connectivity index (χ0v) is 42.7. The summed E-state index contributed by atoms with van der Waals surface area (Å²) in [4.78, 5) is 25.7. The van der Waals surface area contributed by atoms with E-state index < -0.39 is 99.3 Å². The van der Waals surface area contributed by atoms with Gasteiger partial charge in [-0.15, -0.1) is 0 Å². The second kappa shape index (κ2) is 41.6. The molecule has 2 rings (SSSR count). The molecule has 15 nitrogen and oxygen atoms in total. The van der Waals surface area contributed by atoms with Crippen molar-refractivity contribution >= 4 is 11.9 Å². The quantitative estimate of drug-likeness (QED) is 0.0175. The van der Waals surface area contributed by atoms with Crippen molar-refractivity contribution in [2.45, 2.75) is 248 Å². The van der Waals surface area contributed by atoms with Crippen LogP contribution in [0, 0.1) is 0 Å². The minimum atomic E-state index is -1.78. The van der Waals surface area contributed by atoms with Gasteiger partial charge in [0.05, 0.1) is 19.8 Å². The highest BCUT2D eigenvalue weighted by atomic mass is 16.7. The van der Waals surface area contributed by atoms with Gasteiger partial charge in [0, 0.05) is 12.8 Å². The van der Waals surface area contributed by atoms with Crippen LogP contribution in [0.15, 0.2) is 60.8 Å². The molecule has 2 heterocycles. The minimum absolute atomic E-state index is 0.131. The number of hydrogen-bond acceptors (Lipinski definition) is 15. The maximum absolute atomic E-state index is 13.0. The van der Waals surface area contributed by atoms with Crippen LogP contribution >= 0.6 is 0 Å². The van der Waals surface area contributed by atoms with Crippen molar-refractivity contribution in [2.75, 3.05) is 26.4 Å². The molecule has 4 unspecified atom stereocenters. The molecule has 0 saturated carbocycles. The second-order valence-corrected chi connectivity index (χ2v) is 18.7. The highest BCUT2D eigenvalue weighted by molar-refractivity contribution is 5.70. The molecule has 0 aliphatic carbocycles. The van der Waals surface area contributed by atoms with E-state index in [-0.39, 0.29) is 19.4 Å². The lowest BCUT2D eigenvalue weighted by Gasteiger charge is -2.42. The number of unbranched alkanes of at least 4 members (excludes halogenated alkanes) is 17. The number of carbonyl (C=O) groups is 2. The number of hydrogen-bond donors (Lipinski definition) is 7. The normalized spacial score (nSPS) is 25.8. The van der Waals surface area contributed by atoms with E-state index in [1.807, 2.05) is 6.08 Å².